The first-order valence-corrected chi connectivity index (χ1v) is 7.23. The van der Waals surface area contributed by atoms with Gasteiger partial charge in [0.1, 0.15) is 0 Å². The van der Waals surface area contributed by atoms with E-state index in [1.54, 1.807) is 0 Å². The minimum Gasteiger partial charge on any atom is -0.406 e. The zero-order valence-corrected chi connectivity index (χ0v) is 12.9. The summed E-state index contributed by atoms with van der Waals surface area (Å²) in [5, 5.41) is 14.4. The van der Waals surface area contributed by atoms with Gasteiger partial charge in [-0.25, -0.2) is 0 Å². The highest BCUT2D eigenvalue weighted by Gasteiger charge is 2.19. The summed E-state index contributed by atoms with van der Waals surface area (Å²) in [4.78, 5) is 0. The van der Waals surface area contributed by atoms with Crippen molar-refractivity contribution in [2.45, 2.75) is 59.4 Å². The van der Waals surface area contributed by atoms with E-state index in [1.165, 1.54) is 25.7 Å². The molecule has 0 amide bonds. The molecular weight excluding hydrogens is 240 g/mol. The summed E-state index contributed by atoms with van der Waals surface area (Å²) in [6.45, 7) is 9.61. The standard InChI is InChI=1S/C14H28N4O/c1-6-7-8-9-14(3,4)10-16-13-18-17-12(19-13)11(2)15-5/h11,15H,6-10H2,1-5H3,(H,16,18). The lowest BCUT2D eigenvalue weighted by molar-refractivity contribution is 0.337. The zero-order chi connectivity index (χ0) is 14.3. The lowest BCUT2D eigenvalue weighted by Crippen LogP contribution is -2.23. The number of nitrogens with zero attached hydrogens (tertiary/aromatic N) is 2. The lowest BCUT2D eigenvalue weighted by atomic mass is 9.87. The van der Waals surface area contributed by atoms with Crippen molar-refractivity contribution in [1.82, 2.24) is 15.5 Å². The molecule has 0 saturated carbocycles. The molecule has 1 aromatic heterocycles. The first kappa shape index (κ1) is 16.0. The van der Waals surface area contributed by atoms with Crippen molar-refractivity contribution in [1.29, 1.82) is 0 Å². The molecular formula is C14H28N4O. The molecule has 19 heavy (non-hydrogen) atoms. The van der Waals surface area contributed by atoms with Gasteiger partial charge in [0, 0.05) is 6.54 Å². The van der Waals surface area contributed by atoms with Gasteiger partial charge in [-0.3, -0.25) is 0 Å². The van der Waals surface area contributed by atoms with Crippen LogP contribution in [-0.2, 0) is 0 Å². The van der Waals surface area contributed by atoms with Crippen LogP contribution in [-0.4, -0.2) is 23.8 Å². The van der Waals surface area contributed by atoms with Crippen LogP contribution in [0, 0.1) is 5.41 Å². The molecule has 1 heterocycles. The summed E-state index contributed by atoms with van der Waals surface area (Å²) in [6, 6.07) is 0.598. The Morgan fingerprint density at radius 3 is 2.63 bits per heavy atom. The van der Waals surface area contributed by atoms with Gasteiger partial charge in [-0.2, -0.15) is 0 Å². The molecule has 5 nitrogen and oxygen atoms in total. The van der Waals surface area contributed by atoms with E-state index in [1.807, 2.05) is 14.0 Å². The topological polar surface area (TPSA) is 63.0 Å². The van der Waals surface area contributed by atoms with Gasteiger partial charge < -0.3 is 15.1 Å². The Balaban J connectivity index is 2.40. The van der Waals surface area contributed by atoms with E-state index < -0.39 is 0 Å². The largest absolute Gasteiger partial charge is 0.406 e. The molecule has 0 bridgehead atoms. The van der Waals surface area contributed by atoms with E-state index >= 15 is 0 Å². The number of hydrogen-bond acceptors (Lipinski definition) is 5. The molecule has 0 radical (unpaired) electrons. The predicted octanol–water partition coefficient (Wildman–Crippen LogP) is 3.37. The Kier molecular flexibility index (Phi) is 6.28. The quantitative estimate of drug-likeness (QED) is 0.672. The molecule has 1 rings (SSSR count). The molecule has 0 fully saturated rings. The van der Waals surface area contributed by atoms with Gasteiger partial charge in [0.25, 0.3) is 0 Å². The van der Waals surface area contributed by atoms with Crippen LogP contribution in [0.5, 0.6) is 0 Å². The van der Waals surface area contributed by atoms with Crippen LogP contribution in [0.2, 0.25) is 0 Å². The summed E-state index contributed by atoms with van der Waals surface area (Å²) in [6.07, 6.45) is 5.05. The Morgan fingerprint density at radius 1 is 1.26 bits per heavy atom. The first-order valence-electron chi connectivity index (χ1n) is 7.23. The molecule has 1 atom stereocenters. The van der Waals surface area contributed by atoms with Gasteiger partial charge in [-0.1, -0.05) is 45.1 Å². The highest BCUT2D eigenvalue weighted by Crippen LogP contribution is 2.24. The number of anilines is 1. The molecule has 5 heteroatoms. The van der Waals surface area contributed by atoms with Crippen molar-refractivity contribution in [3.05, 3.63) is 5.89 Å². The molecule has 110 valence electrons. The Bertz CT molecular complexity index is 362. The minimum absolute atomic E-state index is 0.0839. The molecule has 0 aliphatic heterocycles. The summed E-state index contributed by atoms with van der Waals surface area (Å²) < 4.78 is 5.56. The average Bonchev–Trinajstić information content (AvgIpc) is 2.84. The van der Waals surface area contributed by atoms with Gasteiger partial charge in [-0.05, 0) is 25.8 Å². The second-order valence-electron chi connectivity index (χ2n) is 5.93. The van der Waals surface area contributed by atoms with Crippen LogP contribution in [0.25, 0.3) is 0 Å². The molecule has 2 N–H and O–H groups in total. The molecule has 0 spiro atoms. The van der Waals surface area contributed by atoms with E-state index in [0.29, 0.717) is 11.9 Å². The smallest absolute Gasteiger partial charge is 0.315 e. The summed E-state index contributed by atoms with van der Waals surface area (Å²) in [7, 11) is 1.87. The Morgan fingerprint density at radius 2 is 2.00 bits per heavy atom. The van der Waals surface area contributed by atoms with Crippen molar-refractivity contribution in [2.75, 3.05) is 18.9 Å². The second kappa shape index (κ2) is 7.48. The van der Waals surface area contributed by atoms with E-state index in [0.717, 1.165) is 6.54 Å². The van der Waals surface area contributed by atoms with Gasteiger partial charge in [0.05, 0.1) is 6.04 Å². The molecule has 0 aliphatic rings. The fourth-order valence-electron chi connectivity index (χ4n) is 1.86. The Hall–Kier alpha value is -1.10. The monoisotopic (exact) mass is 268 g/mol. The third-order valence-corrected chi connectivity index (χ3v) is 3.42. The predicted molar refractivity (Wildman–Crippen MR) is 78.2 cm³/mol. The van der Waals surface area contributed by atoms with Crippen LogP contribution in [0.3, 0.4) is 0 Å². The maximum absolute atomic E-state index is 5.56. The van der Waals surface area contributed by atoms with Crippen LogP contribution >= 0.6 is 0 Å². The Labute approximate surface area is 116 Å². The van der Waals surface area contributed by atoms with Crippen LogP contribution in [0.15, 0.2) is 4.42 Å². The van der Waals surface area contributed by atoms with Gasteiger partial charge >= 0.3 is 6.01 Å². The fraction of sp³-hybridized carbons (Fsp3) is 0.857. The van der Waals surface area contributed by atoms with E-state index in [4.69, 9.17) is 4.42 Å². The van der Waals surface area contributed by atoms with Crippen molar-refractivity contribution in [3.8, 4) is 0 Å². The molecule has 1 unspecified atom stereocenters. The molecule has 0 aromatic carbocycles. The van der Waals surface area contributed by atoms with Crippen molar-refractivity contribution in [2.24, 2.45) is 5.41 Å². The summed E-state index contributed by atoms with van der Waals surface area (Å²) >= 11 is 0. The third-order valence-electron chi connectivity index (χ3n) is 3.42. The van der Waals surface area contributed by atoms with E-state index in [2.05, 4.69) is 41.6 Å². The van der Waals surface area contributed by atoms with Gasteiger partial charge in [0.2, 0.25) is 5.89 Å². The van der Waals surface area contributed by atoms with E-state index in [-0.39, 0.29) is 11.5 Å². The minimum atomic E-state index is 0.0839. The highest BCUT2D eigenvalue weighted by molar-refractivity contribution is 5.18. The SMILES string of the molecule is CCCCCC(C)(C)CNc1nnc(C(C)NC)o1. The number of aromatic nitrogens is 2. The fourth-order valence-corrected chi connectivity index (χ4v) is 1.86. The second-order valence-corrected chi connectivity index (χ2v) is 5.93. The normalized spacial score (nSPS) is 13.5. The third kappa shape index (κ3) is 5.59. The zero-order valence-electron chi connectivity index (χ0n) is 12.9. The maximum atomic E-state index is 5.56. The average molecular weight is 268 g/mol. The number of unbranched alkanes of at least 4 members (excludes halogenated alkanes) is 2. The van der Waals surface area contributed by atoms with Gasteiger partial charge in [-0.15, -0.1) is 5.10 Å². The number of rotatable bonds is 9. The van der Waals surface area contributed by atoms with Crippen molar-refractivity contribution in [3.63, 3.8) is 0 Å². The van der Waals surface area contributed by atoms with Crippen LogP contribution in [0.1, 0.15) is 65.3 Å². The molecule has 0 saturated heterocycles. The summed E-state index contributed by atoms with van der Waals surface area (Å²) in [5.74, 6) is 0.619. The van der Waals surface area contributed by atoms with Crippen molar-refractivity contribution >= 4 is 6.01 Å². The number of nitrogens with one attached hydrogen (secondary N) is 2. The number of hydrogen-bond donors (Lipinski definition) is 2. The molecule has 1 aromatic rings. The molecule has 0 aliphatic carbocycles. The summed E-state index contributed by atoms with van der Waals surface area (Å²) in [5.41, 5.74) is 0.248. The first-order chi connectivity index (χ1) is 8.98. The van der Waals surface area contributed by atoms with Crippen LogP contribution < -0.4 is 10.6 Å². The highest BCUT2D eigenvalue weighted by atomic mass is 16.4. The van der Waals surface area contributed by atoms with Gasteiger partial charge in [0.15, 0.2) is 0 Å². The lowest BCUT2D eigenvalue weighted by Gasteiger charge is -2.24. The van der Waals surface area contributed by atoms with Crippen molar-refractivity contribution < 1.29 is 4.42 Å². The maximum Gasteiger partial charge on any atom is 0.315 e. The van der Waals surface area contributed by atoms with E-state index in [9.17, 15) is 0 Å². The van der Waals surface area contributed by atoms with Crippen LogP contribution in [0.4, 0.5) is 6.01 Å².